The summed E-state index contributed by atoms with van der Waals surface area (Å²) in [6, 6.07) is 4.92. The second-order valence-corrected chi connectivity index (χ2v) is 6.36. The van der Waals surface area contributed by atoms with Gasteiger partial charge in [-0.3, -0.25) is 4.79 Å². The number of nitrogens with zero attached hydrogens (tertiary/aromatic N) is 2. The molecule has 0 aliphatic rings. The van der Waals surface area contributed by atoms with Crippen LogP contribution in [0.25, 0.3) is 0 Å². The summed E-state index contributed by atoms with van der Waals surface area (Å²) in [6.07, 6.45) is 1.27. The van der Waals surface area contributed by atoms with Crippen molar-refractivity contribution < 1.29 is 14.3 Å². The van der Waals surface area contributed by atoms with E-state index in [1.165, 1.54) is 6.20 Å². The first-order valence-electron chi connectivity index (χ1n) is 7.08. The van der Waals surface area contributed by atoms with Gasteiger partial charge < -0.3 is 15.8 Å². The molecule has 0 atom stereocenters. The van der Waals surface area contributed by atoms with Gasteiger partial charge in [-0.15, -0.1) is 0 Å². The SMILES string of the molecule is CCOC(=O)c1cnc(SCC(=O)Nc2c(Cl)cccc2Cl)nc1N. The molecule has 0 saturated heterocycles. The van der Waals surface area contributed by atoms with Crippen molar-refractivity contribution in [2.24, 2.45) is 0 Å². The number of ether oxygens (including phenoxy) is 1. The Morgan fingerprint density at radius 1 is 1.32 bits per heavy atom. The number of nitrogen functional groups attached to an aromatic ring is 1. The summed E-state index contributed by atoms with van der Waals surface area (Å²) in [5, 5.41) is 3.56. The highest BCUT2D eigenvalue weighted by Crippen LogP contribution is 2.30. The van der Waals surface area contributed by atoms with Gasteiger partial charge in [-0.25, -0.2) is 14.8 Å². The number of aromatic nitrogens is 2. The molecule has 0 aliphatic heterocycles. The molecule has 132 valence electrons. The fourth-order valence-electron chi connectivity index (χ4n) is 1.74. The zero-order chi connectivity index (χ0) is 18.4. The minimum atomic E-state index is -0.595. The van der Waals surface area contributed by atoms with E-state index in [0.717, 1.165) is 11.8 Å². The lowest BCUT2D eigenvalue weighted by atomic mass is 10.3. The predicted octanol–water partition coefficient (Wildman–Crippen LogP) is 3.27. The van der Waals surface area contributed by atoms with Gasteiger partial charge in [0.05, 0.1) is 28.1 Å². The molecule has 1 aromatic heterocycles. The Morgan fingerprint density at radius 2 is 2.00 bits per heavy atom. The third kappa shape index (κ3) is 5.22. The summed E-state index contributed by atoms with van der Waals surface area (Å²) in [6.45, 7) is 1.91. The molecule has 0 radical (unpaired) electrons. The van der Waals surface area contributed by atoms with Crippen molar-refractivity contribution in [1.29, 1.82) is 0 Å². The molecule has 0 unspecified atom stereocenters. The van der Waals surface area contributed by atoms with Gasteiger partial charge in [-0.05, 0) is 19.1 Å². The maximum Gasteiger partial charge on any atom is 0.343 e. The van der Waals surface area contributed by atoms with E-state index in [-0.39, 0.29) is 34.8 Å². The molecule has 1 amide bonds. The predicted molar refractivity (Wildman–Crippen MR) is 98.2 cm³/mol. The highest BCUT2D eigenvalue weighted by Gasteiger charge is 2.15. The Morgan fingerprint density at radius 3 is 2.60 bits per heavy atom. The first-order chi connectivity index (χ1) is 11.9. The first kappa shape index (κ1) is 19.3. The average molecular weight is 401 g/mol. The maximum atomic E-state index is 12.0. The molecule has 2 aromatic rings. The number of hydrogen-bond donors (Lipinski definition) is 2. The van der Waals surface area contributed by atoms with Crippen LogP contribution in [0, 0.1) is 0 Å². The van der Waals surface area contributed by atoms with Crippen molar-refractivity contribution >= 4 is 58.3 Å². The van der Waals surface area contributed by atoms with Gasteiger partial charge in [0.25, 0.3) is 0 Å². The minimum absolute atomic E-state index is 0.00879. The van der Waals surface area contributed by atoms with Crippen LogP contribution < -0.4 is 11.1 Å². The van der Waals surface area contributed by atoms with Gasteiger partial charge in [0.2, 0.25) is 5.91 Å². The molecule has 2 rings (SSSR count). The molecular weight excluding hydrogens is 387 g/mol. The van der Waals surface area contributed by atoms with E-state index in [4.69, 9.17) is 33.7 Å². The number of carbonyl (C=O) groups excluding carboxylic acids is 2. The number of thioether (sulfide) groups is 1. The lowest BCUT2D eigenvalue weighted by Crippen LogP contribution is -2.15. The molecule has 0 bridgehead atoms. The Kier molecular flexibility index (Phi) is 6.86. The topological polar surface area (TPSA) is 107 Å². The number of hydrogen-bond acceptors (Lipinski definition) is 7. The van der Waals surface area contributed by atoms with E-state index < -0.39 is 5.97 Å². The van der Waals surface area contributed by atoms with Crippen LogP contribution in [0.5, 0.6) is 0 Å². The number of rotatable bonds is 6. The normalized spacial score (nSPS) is 10.4. The molecule has 1 aromatic carbocycles. The lowest BCUT2D eigenvalue weighted by molar-refractivity contribution is -0.113. The molecule has 0 spiro atoms. The molecule has 0 aliphatic carbocycles. The van der Waals surface area contributed by atoms with Gasteiger partial charge in [-0.2, -0.15) is 0 Å². The van der Waals surface area contributed by atoms with Crippen LogP contribution in [0.2, 0.25) is 10.0 Å². The van der Waals surface area contributed by atoms with Crippen molar-refractivity contribution in [1.82, 2.24) is 9.97 Å². The van der Waals surface area contributed by atoms with Crippen LogP contribution in [-0.2, 0) is 9.53 Å². The zero-order valence-corrected chi connectivity index (χ0v) is 15.4. The summed E-state index contributed by atoms with van der Waals surface area (Å²) >= 11 is 13.0. The van der Waals surface area contributed by atoms with Gasteiger partial charge in [0.1, 0.15) is 11.4 Å². The molecule has 7 nitrogen and oxygen atoms in total. The third-order valence-electron chi connectivity index (χ3n) is 2.85. The number of halogens is 2. The zero-order valence-electron chi connectivity index (χ0n) is 13.1. The lowest BCUT2D eigenvalue weighted by Gasteiger charge is -2.09. The molecular formula is C15H14Cl2N4O3S. The second kappa shape index (κ2) is 8.89. The van der Waals surface area contributed by atoms with Crippen LogP contribution >= 0.6 is 35.0 Å². The van der Waals surface area contributed by atoms with Crippen LogP contribution in [-0.4, -0.2) is 34.2 Å². The molecule has 3 N–H and O–H groups in total. The van der Waals surface area contributed by atoms with E-state index in [0.29, 0.717) is 15.7 Å². The average Bonchev–Trinajstić information content (AvgIpc) is 2.56. The monoisotopic (exact) mass is 400 g/mol. The molecule has 0 fully saturated rings. The Hall–Kier alpha value is -2.03. The molecule has 1 heterocycles. The van der Waals surface area contributed by atoms with Crippen LogP contribution in [0.15, 0.2) is 29.6 Å². The van der Waals surface area contributed by atoms with E-state index in [2.05, 4.69) is 15.3 Å². The standard InChI is InChI=1S/C15H14Cl2N4O3S/c1-2-24-14(23)8-6-19-15(21-13(8)18)25-7-11(22)20-12-9(16)4-3-5-10(12)17/h3-6H,2,7H2,1H3,(H,20,22)(H2,18,19,21). The number of nitrogens with two attached hydrogens (primary N) is 1. The van der Waals surface area contributed by atoms with E-state index in [1.807, 2.05) is 0 Å². The summed E-state index contributed by atoms with van der Waals surface area (Å²) in [4.78, 5) is 31.6. The smallest absolute Gasteiger partial charge is 0.343 e. The van der Waals surface area contributed by atoms with Crippen molar-refractivity contribution in [3.8, 4) is 0 Å². The number of nitrogens with one attached hydrogen (secondary N) is 1. The Balaban J connectivity index is 1.98. The van der Waals surface area contributed by atoms with Gasteiger partial charge in [0.15, 0.2) is 5.16 Å². The highest BCUT2D eigenvalue weighted by molar-refractivity contribution is 7.99. The fourth-order valence-corrected chi connectivity index (χ4v) is 2.85. The largest absolute Gasteiger partial charge is 0.462 e. The summed E-state index contributed by atoms with van der Waals surface area (Å²) in [5.74, 6) is -0.926. The molecule has 10 heteroatoms. The maximum absolute atomic E-state index is 12.0. The fraction of sp³-hybridized carbons (Fsp3) is 0.200. The summed E-state index contributed by atoms with van der Waals surface area (Å²) < 4.78 is 4.84. The second-order valence-electron chi connectivity index (χ2n) is 4.61. The van der Waals surface area contributed by atoms with Gasteiger partial charge >= 0.3 is 5.97 Å². The van der Waals surface area contributed by atoms with Crippen molar-refractivity contribution in [2.45, 2.75) is 12.1 Å². The third-order valence-corrected chi connectivity index (χ3v) is 4.34. The Bertz CT molecular complexity index is 784. The van der Waals surface area contributed by atoms with Crippen LogP contribution in [0.4, 0.5) is 11.5 Å². The summed E-state index contributed by atoms with van der Waals surface area (Å²) in [5.41, 5.74) is 6.15. The summed E-state index contributed by atoms with van der Waals surface area (Å²) in [7, 11) is 0. The first-order valence-corrected chi connectivity index (χ1v) is 8.82. The molecule has 25 heavy (non-hydrogen) atoms. The number of anilines is 2. The molecule has 0 saturated carbocycles. The number of esters is 1. The minimum Gasteiger partial charge on any atom is -0.462 e. The van der Waals surface area contributed by atoms with E-state index in [1.54, 1.807) is 25.1 Å². The van der Waals surface area contributed by atoms with Crippen molar-refractivity contribution in [3.05, 3.63) is 40.0 Å². The highest BCUT2D eigenvalue weighted by atomic mass is 35.5. The van der Waals surface area contributed by atoms with Gasteiger partial charge in [0, 0.05) is 6.20 Å². The van der Waals surface area contributed by atoms with Crippen molar-refractivity contribution in [3.63, 3.8) is 0 Å². The van der Waals surface area contributed by atoms with E-state index in [9.17, 15) is 9.59 Å². The van der Waals surface area contributed by atoms with Crippen LogP contribution in [0.1, 0.15) is 17.3 Å². The Labute approximate surface area is 158 Å². The quantitative estimate of drug-likeness (QED) is 0.435. The number of carbonyl (C=O) groups is 2. The van der Waals surface area contributed by atoms with Crippen molar-refractivity contribution in [2.75, 3.05) is 23.4 Å². The number of para-hydroxylation sites is 1. The van der Waals surface area contributed by atoms with Crippen LogP contribution in [0.3, 0.4) is 0 Å². The van der Waals surface area contributed by atoms with E-state index >= 15 is 0 Å². The number of amides is 1. The van der Waals surface area contributed by atoms with Gasteiger partial charge in [-0.1, -0.05) is 41.0 Å². The number of benzene rings is 1.